The summed E-state index contributed by atoms with van der Waals surface area (Å²) in [5, 5.41) is 0. The first-order valence-corrected chi connectivity index (χ1v) is 8.88. The zero-order valence-electron chi connectivity index (χ0n) is 13.3. The number of hydrogen-bond acceptors (Lipinski definition) is 2. The number of ether oxygens (including phenoxy) is 2. The third kappa shape index (κ3) is 3.22. The fourth-order valence-electron chi connectivity index (χ4n) is 4.68. The molecule has 0 spiro atoms. The Morgan fingerprint density at radius 2 is 1.55 bits per heavy atom. The predicted molar refractivity (Wildman–Crippen MR) is 81.8 cm³/mol. The Hall–Kier alpha value is -0.0800. The second-order valence-electron chi connectivity index (χ2n) is 8.05. The van der Waals surface area contributed by atoms with Crippen molar-refractivity contribution >= 4 is 0 Å². The largest absolute Gasteiger partial charge is 0.380 e. The quantitative estimate of drug-likeness (QED) is 0.734. The third-order valence-corrected chi connectivity index (χ3v) is 6.06. The van der Waals surface area contributed by atoms with Crippen LogP contribution in [0.15, 0.2) is 0 Å². The summed E-state index contributed by atoms with van der Waals surface area (Å²) in [5.74, 6) is 0.946. The maximum absolute atomic E-state index is 6.26. The van der Waals surface area contributed by atoms with Crippen molar-refractivity contribution in [1.29, 1.82) is 0 Å². The molecular weight excluding hydrogens is 248 g/mol. The summed E-state index contributed by atoms with van der Waals surface area (Å²) in [4.78, 5) is 0. The van der Waals surface area contributed by atoms with Crippen LogP contribution in [0.1, 0.15) is 71.1 Å². The van der Waals surface area contributed by atoms with Gasteiger partial charge in [0.15, 0.2) is 0 Å². The summed E-state index contributed by atoms with van der Waals surface area (Å²) in [6.07, 6.45) is 14.4. The Balaban J connectivity index is 1.56. The SMILES string of the molecule is CC1(COCC2(C3CCCCC3)CCCCC2)COC1. The topological polar surface area (TPSA) is 18.5 Å². The minimum absolute atomic E-state index is 0.308. The van der Waals surface area contributed by atoms with Gasteiger partial charge in [0.05, 0.1) is 26.4 Å². The van der Waals surface area contributed by atoms with E-state index in [0.29, 0.717) is 10.8 Å². The summed E-state index contributed by atoms with van der Waals surface area (Å²) in [5.41, 5.74) is 0.835. The molecule has 2 saturated carbocycles. The van der Waals surface area contributed by atoms with E-state index >= 15 is 0 Å². The van der Waals surface area contributed by atoms with E-state index in [1.54, 1.807) is 0 Å². The van der Waals surface area contributed by atoms with Crippen molar-refractivity contribution < 1.29 is 9.47 Å². The van der Waals surface area contributed by atoms with E-state index in [1.165, 1.54) is 64.2 Å². The van der Waals surface area contributed by atoms with Gasteiger partial charge in [-0.05, 0) is 37.0 Å². The summed E-state index contributed by atoms with van der Waals surface area (Å²) >= 11 is 0. The van der Waals surface area contributed by atoms with Gasteiger partial charge in [0, 0.05) is 5.41 Å². The van der Waals surface area contributed by atoms with Crippen LogP contribution in [0.5, 0.6) is 0 Å². The molecule has 2 aliphatic carbocycles. The molecule has 3 fully saturated rings. The summed E-state index contributed by atoms with van der Waals surface area (Å²) in [6.45, 7) is 6.01. The number of hydrogen-bond donors (Lipinski definition) is 0. The van der Waals surface area contributed by atoms with Gasteiger partial charge in [-0.15, -0.1) is 0 Å². The average Bonchev–Trinajstić information content (AvgIpc) is 2.47. The lowest BCUT2D eigenvalue weighted by molar-refractivity contribution is -0.151. The summed E-state index contributed by atoms with van der Waals surface area (Å²) in [6, 6.07) is 0. The normalized spacial score (nSPS) is 29.9. The molecule has 0 aromatic carbocycles. The van der Waals surface area contributed by atoms with Gasteiger partial charge >= 0.3 is 0 Å². The molecule has 2 nitrogen and oxygen atoms in total. The van der Waals surface area contributed by atoms with Gasteiger partial charge in [-0.2, -0.15) is 0 Å². The molecule has 0 amide bonds. The second-order valence-corrected chi connectivity index (χ2v) is 8.05. The van der Waals surface area contributed by atoms with Crippen LogP contribution in [-0.2, 0) is 9.47 Å². The number of rotatable bonds is 5. The molecule has 3 aliphatic rings. The van der Waals surface area contributed by atoms with Gasteiger partial charge in [0.2, 0.25) is 0 Å². The van der Waals surface area contributed by atoms with Gasteiger partial charge in [-0.3, -0.25) is 0 Å². The van der Waals surface area contributed by atoms with Crippen LogP contribution in [0, 0.1) is 16.7 Å². The van der Waals surface area contributed by atoms with E-state index < -0.39 is 0 Å². The van der Waals surface area contributed by atoms with E-state index in [1.807, 2.05) is 0 Å². The van der Waals surface area contributed by atoms with Crippen LogP contribution in [0.2, 0.25) is 0 Å². The first-order valence-electron chi connectivity index (χ1n) is 8.88. The van der Waals surface area contributed by atoms with Crippen LogP contribution in [0.3, 0.4) is 0 Å². The molecule has 0 aromatic heterocycles. The van der Waals surface area contributed by atoms with E-state index in [9.17, 15) is 0 Å². The zero-order chi connectivity index (χ0) is 13.9. The van der Waals surface area contributed by atoms with Crippen molar-refractivity contribution in [2.24, 2.45) is 16.7 Å². The van der Waals surface area contributed by atoms with Gasteiger partial charge < -0.3 is 9.47 Å². The van der Waals surface area contributed by atoms with Gasteiger partial charge in [0.1, 0.15) is 0 Å². The Morgan fingerprint density at radius 3 is 2.15 bits per heavy atom. The fraction of sp³-hybridized carbons (Fsp3) is 1.00. The highest BCUT2D eigenvalue weighted by molar-refractivity contribution is 4.91. The second kappa shape index (κ2) is 6.36. The minimum Gasteiger partial charge on any atom is -0.380 e. The highest BCUT2D eigenvalue weighted by Crippen LogP contribution is 2.48. The minimum atomic E-state index is 0.308. The average molecular weight is 280 g/mol. The molecule has 0 N–H and O–H groups in total. The molecule has 3 rings (SSSR count). The van der Waals surface area contributed by atoms with E-state index in [2.05, 4.69) is 6.92 Å². The Labute approximate surface area is 124 Å². The van der Waals surface area contributed by atoms with Crippen LogP contribution < -0.4 is 0 Å². The highest BCUT2D eigenvalue weighted by atomic mass is 16.5. The Bertz CT molecular complexity index is 297. The van der Waals surface area contributed by atoms with Crippen LogP contribution >= 0.6 is 0 Å². The van der Waals surface area contributed by atoms with Crippen LogP contribution in [0.4, 0.5) is 0 Å². The highest BCUT2D eigenvalue weighted by Gasteiger charge is 2.41. The van der Waals surface area contributed by atoms with Crippen molar-refractivity contribution in [3.05, 3.63) is 0 Å². The van der Waals surface area contributed by atoms with Crippen molar-refractivity contribution in [2.75, 3.05) is 26.4 Å². The van der Waals surface area contributed by atoms with Crippen LogP contribution in [-0.4, -0.2) is 26.4 Å². The van der Waals surface area contributed by atoms with Crippen molar-refractivity contribution in [3.8, 4) is 0 Å². The molecule has 1 aliphatic heterocycles. The monoisotopic (exact) mass is 280 g/mol. The zero-order valence-corrected chi connectivity index (χ0v) is 13.3. The molecule has 1 heterocycles. The van der Waals surface area contributed by atoms with E-state index in [0.717, 1.165) is 32.3 Å². The van der Waals surface area contributed by atoms with Crippen LogP contribution in [0.25, 0.3) is 0 Å². The lowest BCUT2D eigenvalue weighted by Gasteiger charge is -2.46. The molecule has 116 valence electrons. The molecular formula is C18H32O2. The first-order chi connectivity index (χ1) is 9.73. The molecule has 0 unspecified atom stereocenters. The lowest BCUT2D eigenvalue weighted by atomic mass is 9.62. The predicted octanol–water partition coefficient (Wildman–Crippen LogP) is 4.57. The van der Waals surface area contributed by atoms with Crippen molar-refractivity contribution in [2.45, 2.75) is 71.1 Å². The summed E-state index contributed by atoms with van der Waals surface area (Å²) in [7, 11) is 0. The maximum atomic E-state index is 6.26. The maximum Gasteiger partial charge on any atom is 0.0564 e. The van der Waals surface area contributed by atoms with Crippen molar-refractivity contribution in [1.82, 2.24) is 0 Å². The Morgan fingerprint density at radius 1 is 0.900 bits per heavy atom. The molecule has 20 heavy (non-hydrogen) atoms. The molecule has 0 aromatic rings. The van der Waals surface area contributed by atoms with Crippen molar-refractivity contribution in [3.63, 3.8) is 0 Å². The molecule has 0 bridgehead atoms. The van der Waals surface area contributed by atoms with E-state index in [-0.39, 0.29) is 0 Å². The van der Waals surface area contributed by atoms with Gasteiger partial charge in [0.25, 0.3) is 0 Å². The molecule has 0 atom stereocenters. The molecule has 0 radical (unpaired) electrons. The molecule has 2 heteroatoms. The van der Waals surface area contributed by atoms with Gasteiger partial charge in [-0.25, -0.2) is 0 Å². The standard InChI is InChI=1S/C18H32O2/c1-17(12-19-13-17)14-20-15-18(10-6-3-7-11-18)16-8-4-2-5-9-16/h16H,2-15H2,1H3. The van der Waals surface area contributed by atoms with Gasteiger partial charge in [-0.1, -0.05) is 45.4 Å². The Kier molecular flexibility index (Phi) is 4.72. The van der Waals surface area contributed by atoms with E-state index in [4.69, 9.17) is 9.47 Å². The lowest BCUT2D eigenvalue weighted by Crippen LogP contribution is -2.45. The smallest absolute Gasteiger partial charge is 0.0564 e. The fourth-order valence-corrected chi connectivity index (χ4v) is 4.68. The third-order valence-electron chi connectivity index (χ3n) is 6.06. The molecule has 1 saturated heterocycles. The first kappa shape index (κ1) is 14.8. The summed E-state index contributed by atoms with van der Waals surface area (Å²) < 4.78 is 11.6.